The fourth-order valence-corrected chi connectivity index (χ4v) is 1.75. The smallest absolute Gasteiger partial charge is 0.0458 e. The average molecular weight is 246 g/mol. The third-order valence-corrected chi connectivity index (χ3v) is 2.73. The second kappa shape index (κ2) is 5.02. The monoisotopic (exact) mass is 245 g/mol. The van der Waals surface area contributed by atoms with Crippen LogP contribution in [-0.2, 0) is 11.2 Å². The number of carboxylic acid groups (broad SMARTS) is 1. The van der Waals surface area contributed by atoms with Crippen LogP contribution in [0.3, 0.4) is 0 Å². The van der Waals surface area contributed by atoms with Crippen LogP contribution in [0.5, 0.6) is 0 Å². The lowest BCUT2D eigenvalue weighted by molar-refractivity contribution is -0.304. The lowest BCUT2D eigenvalue weighted by atomic mass is 10.0. The molecule has 0 amide bonds. The Morgan fingerprint density at radius 2 is 1.41 bits per heavy atom. The molecule has 2 nitrogen and oxygen atoms in total. The Kier molecular flexibility index (Phi) is 3.45. The molecule has 0 aliphatic heterocycles. The zero-order chi connectivity index (χ0) is 12.3. The van der Waals surface area contributed by atoms with Crippen molar-refractivity contribution in [3.63, 3.8) is 0 Å². The SMILES string of the molecule is O=C([O-])Cc1ccc(-c2ccc(Cl)cc2)cc1. The minimum atomic E-state index is -1.07. The van der Waals surface area contributed by atoms with Crippen molar-refractivity contribution in [2.24, 2.45) is 0 Å². The molecule has 0 aliphatic rings. The summed E-state index contributed by atoms with van der Waals surface area (Å²) < 4.78 is 0. The van der Waals surface area contributed by atoms with Crippen molar-refractivity contribution in [2.45, 2.75) is 6.42 Å². The molecule has 86 valence electrons. The Hall–Kier alpha value is -1.80. The number of aliphatic carboxylic acids is 1. The highest BCUT2D eigenvalue weighted by molar-refractivity contribution is 6.30. The molecule has 0 N–H and O–H groups in total. The lowest BCUT2D eigenvalue weighted by Gasteiger charge is -2.05. The number of hydrogen-bond acceptors (Lipinski definition) is 2. The van der Waals surface area contributed by atoms with Gasteiger partial charge < -0.3 is 9.90 Å². The van der Waals surface area contributed by atoms with Crippen LogP contribution in [0.4, 0.5) is 0 Å². The van der Waals surface area contributed by atoms with E-state index in [4.69, 9.17) is 11.6 Å². The van der Waals surface area contributed by atoms with Crippen LogP contribution in [0.2, 0.25) is 5.02 Å². The quantitative estimate of drug-likeness (QED) is 0.833. The zero-order valence-corrected chi connectivity index (χ0v) is 9.78. The lowest BCUT2D eigenvalue weighted by Crippen LogP contribution is -2.24. The maximum absolute atomic E-state index is 10.4. The van der Waals surface area contributed by atoms with Crippen molar-refractivity contribution in [2.75, 3.05) is 0 Å². The van der Waals surface area contributed by atoms with Gasteiger partial charge in [-0.05, 0) is 28.8 Å². The molecule has 0 heterocycles. The van der Waals surface area contributed by atoms with Gasteiger partial charge in [-0.15, -0.1) is 0 Å². The second-order valence-corrected chi connectivity index (χ2v) is 4.19. The van der Waals surface area contributed by atoms with Gasteiger partial charge in [-0.3, -0.25) is 0 Å². The summed E-state index contributed by atoms with van der Waals surface area (Å²) in [5.41, 5.74) is 2.82. The highest BCUT2D eigenvalue weighted by Crippen LogP contribution is 2.21. The molecule has 0 radical (unpaired) electrons. The number of carbonyl (C=O) groups excluding carboxylic acids is 1. The molecule has 17 heavy (non-hydrogen) atoms. The van der Waals surface area contributed by atoms with Crippen molar-refractivity contribution in [3.05, 3.63) is 59.1 Å². The third kappa shape index (κ3) is 3.08. The Labute approximate surface area is 104 Å². The van der Waals surface area contributed by atoms with Crippen LogP contribution >= 0.6 is 11.6 Å². The number of halogens is 1. The third-order valence-electron chi connectivity index (χ3n) is 2.48. The van der Waals surface area contributed by atoms with E-state index in [1.54, 1.807) is 12.1 Å². The van der Waals surface area contributed by atoms with Gasteiger partial charge in [-0.25, -0.2) is 0 Å². The average Bonchev–Trinajstić information content (AvgIpc) is 2.30. The van der Waals surface area contributed by atoms with Crippen LogP contribution in [0, 0.1) is 0 Å². The molecular formula is C14H10ClO2-. The second-order valence-electron chi connectivity index (χ2n) is 3.75. The van der Waals surface area contributed by atoms with Gasteiger partial charge in [0, 0.05) is 17.4 Å². The molecule has 0 saturated heterocycles. The van der Waals surface area contributed by atoms with E-state index in [9.17, 15) is 9.90 Å². The maximum atomic E-state index is 10.4. The van der Waals surface area contributed by atoms with Gasteiger partial charge in [0.25, 0.3) is 0 Å². The van der Waals surface area contributed by atoms with Gasteiger partial charge in [-0.2, -0.15) is 0 Å². The van der Waals surface area contributed by atoms with E-state index in [0.29, 0.717) is 5.02 Å². The minimum absolute atomic E-state index is 0.0547. The summed E-state index contributed by atoms with van der Waals surface area (Å²) in [5.74, 6) is -1.07. The Morgan fingerprint density at radius 1 is 0.941 bits per heavy atom. The summed E-state index contributed by atoms with van der Waals surface area (Å²) in [7, 11) is 0. The summed E-state index contributed by atoms with van der Waals surface area (Å²) in [6, 6.07) is 14.9. The normalized spacial score (nSPS) is 10.2. The highest BCUT2D eigenvalue weighted by atomic mass is 35.5. The van der Waals surface area contributed by atoms with Crippen LogP contribution < -0.4 is 5.11 Å². The summed E-state index contributed by atoms with van der Waals surface area (Å²) in [4.78, 5) is 10.4. The Morgan fingerprint density at radius 3 is 1.88 bits per heavy atom. The predicted molar refractivity (Wildman–Crippen MR) is 65.6 cm³/mol. The first-order valence-corrected chi connectivity index (χ1v) is 5.58. The van der Waals surface area contributed by atoms with Crippen LogP contribution in [-0.4, -0.2) is 5.97 Å². The first-order chi connectivity index (χ1) is 8.15. The summed E-state index contributed by atoms with van der Waals surface area (Å²) >= 11 is 5.81. The fourth-order valence-electron chi connectivity index (χ4n) is 1.62. The summed E-state index contributed by atoms with van der Waals surface area (Å²) in [5, 5.41) is 11.1. The van der Waals surface area contributed by atoms with Crippen molar-refractivity contribution in [1.29, 1.82) is 0 Å². The van der Waals surface area contributed by atoms with Gasteiger partial charge in [-0.1, -0.05) is 48.0 Å². The molecule has 0 unspecified atom stereocenters. The van der Waals surface area contributed by atoms with Gasteiger partial charge in [0.1, 0.15) is 0 Å². The highest BCUT2D eigenvalue weighted by Gasteiger charge is 1.98. The molecule has 0 fully saturated rings. The topological polar surface area (TPSA) is 40.1 Å². The van der Waals surface area contributed by atoms with E-state index in [2.05, 4.69) is 0 Å². The minimum Gasteiger partial charge on any atom is -0.550 e. The predicted octanol–water partition coefficient (Wildman–Crippen LogP) is 2.30. The number of carboxylic acids is 1. The van der Waals surface area contributed by atoms with Crippen molar-refractivity contribution >= 4 is 17.6 Å². The number of carbonyl (C=O) groups is 1. The van der Waals surface area contributed by atoms with Gasteiger partial charge in [0.2, 0.25) is 0 Å². The zero-order valence-electron chi connectivity index (χ0n) is 9.02. The maximum Gasteiger partial charge on any atom is 0.0458 e. The van der Waals surface area contributed by atoms with E-state index in [-0.39, 0.29) is 6.42 Å². The molecule has 0 bridgehead atoms. The molecule has 0 atom stereocenters. The standard InChI is InChI=1S/C14H11ClO2/c15-13-7-5-12(6-8-13)11-3-1-10(2-4-11)9-14(16)17/h1-8H,9H2,(H,16,17)/p-1. The summed E-state index contributed by atoms with van der Waals surface area (Å²) in [6.45, 7) is 0. The van der Waals surface area contributed by atoms with Gasteiger partial charge in [0.15, 0.2) is 0 Å². The Bertz CT molecular complexity index is 515. The summed E-state index contributed by atoms with van der Waals surface area (Å²) in [6.07, 6.45) is -0.0547. The van der Waals surface area contributed by atoms with Crippen molar-refractivity contribution < 1.29 is 9.90 Å². The van der Waals surface area contributed by atoms with E-state index in [1.165, 1.54) is 0 Å². The largest absolute Gasteiger partial charge is 0.550 e. The first kappa shape index (κ1) is 11.7. The van der Waals surface area contributed by atoms with E-state index >= 15 is 0 Å². The van der Waals surface area contributed by atoms with Crippen LogP contribution in [0.1, 0.15) is 5.56 Å². The number of hydrogen-bond donors (Lipinski definition) is 0. The molecule has 3 heteroatoms. The van der Waals surface area contributed by atoms with E-state index in [1.807, 2.05) is 36.4 Å². The van der Waals surface area contributed by atoms with Crippen LogP contribution in [0.15, 0.2) is 48.5 Å². The molecule has 2 aromatic rings. The number of benzene rings is 2. The fraction of sp³-hybridized carbons (Fsp3) is 0.0714. The molecule has 0 saturated carbocycles. The van der Waals surface area contributed by atoms with Crippen LogP contribution in [0.25, 0.3) is 11.1 Å². The Balaban J connectivity index is 2.23. The van der Waals surface area contributed by atoms with E-state index < -0.39 is 5.97 Å². The molecule has 0 spiro atoms. The van der Waals surface area contributed by atoms with Gasteiger partial charge >= 0.3 is 0 Å². The molecule has 0 aromatic heterocycles. The molecular weight excluding hydrogens is 236 g/mol. The first-order valence-electron chi connectivity index (χ1n) is 5.20. The van der Waals surface area contributed by atoms with E-state index in [0.717, 1.165) is 16.7 Å². The number of rotatable bonds is 3. The van der Waals surface area contributed by atoms with Crippen molar-refractivity contribution in [3.8, 4) is 11.1 Å². The molecule has 2 rings (SSSR count). The molecule has 2 aromatic carbocycles. The van der Waals surface area contributed by atoms with Gasteiger partial charge in [0.05, 0.1) is 0 Å². The van der Waals surface area contributed by atoms with Crippen molar-refractivity contribution in [1.82, 2.24) is 0 Å². The molecule has 0 aliphatic carbocycles.